The zero-order valence-corrected chi connectivity index (χ0v) is 24.3. The summed E-state index contributed by atoms with van der Waals surface area (Å²) in [5.74, 6) is 0. The van der Waals surface area contributed by atoms with E-state index in [0.717, 1.165) is 33.8 Å². The molecular formula is C39H37N. The molecule has 0 aliphatic heterocycles. The van der Waals surface area contributed by atoms with Gasteiger partial charge in [0.2, 0.25) is 0 Å². The van der Waals surface area contributed by atoms with Crippen LogP contribution >= 0.6 is 0 Å². The van der Waals surface area contributed by atoms with Gasteiger partial charge in [0.1, 0.15) is 0 Å². The van der Waals surface area contributed by atoms with E-state index >= 15 is 0 Å². The molecule has 0 unspecified atom stereocenters. The third-order valence-electron chi connectivity index (χ3n) is 7.35. The fourth-order valence-electron chi connectivity index (χ4n) is 5.14. The van der Waals surface area contributed by atoms with Crippen molar-refractivity contribution in [1.82, 2.24) is 4.57 Å². The molecule has 5 rings (SSSR count). The van der Waals surface area contributed by atoms with E-state index < -0.39 is 0 Å². The van der Waals surface area contributed by atoms with E-state index in [1.807, 2.05) is 13.0 Å². The monoisotopic (exact) mass is 519 g/mol. The van der Waals surface area contributed by atoms with Crippen LogP contribution < -0.4 is 0 Å². The minimum absolute atomic E-state index is 0.890. The molecule has 0 saturated heterocycles. The molecule has 1 nitrogen and oxygen atoms in total. The first kappa shape index (κ1) is 27.0. The molecule has 4 aromatic carbocycles. The maximum atomic E-state index is 4.61. The number of aryl methyl sites for hydroxylation is 4. The van der Waals surface area contributed by atoms with Crippen LogP contribution in [0.1, 0.15) is 29.2 Å². The lowest BCUT2D eigenvalue weighted by molar-refractivity contribution is 1.14. The highest BCUT2D eigenvalue weighted by Gasteiger charge is 2.27. The summed E-state index contributed by atoms with van der Waals surface area (Å²) in [6.07, 6.45) is 4.12. The fourth-order valence-corrected chi connectivity index (χ4v) is 5.14. The van der Waals surface area contributed by atoms with E-state index in [0.29, 0.717) is 0 Å². The summed E-state index contributed by atoms with van der Waals surface area (Å²) in [6, 6.07) is 35.5. The first-order chi connectivity index (χ1) is 19.2. The van der Waals surface area contributed by atoms with E-state index in [1.165, 1.54) is 44.5 Å². The second-order valence-corrected chi connectivity index (χ2v) is 10.9. The largest absolute Gasteiger partial charge is 0.309 e. The highest BCUT2D eigenvalue weighted by molar-refractivity contribution is 6.04. The van der Waals surface area contributed by atoms with E-state index in [2.05, 4.69) is 149 Å². The number of nitrogens with zero attached hydrogens (tertiary/aromatic N) is 1. The Balaban J connectivity index is 2.00. The molecule has 5 aromatic rings. The van der Waals surface area contributed by atoms with Gasteiger partial charge in [-0.05, 0) is 62.9 Å². The minimum Gasteiger partial charge on any atom is -0.309 e. The highest BCUT2D eigenvalue weighted by atomic mass is 15.0. The first-order valence-electron chi connectivity index (χ1n) is 13.8. The average molecular weight is 520 g/mol. The number of allylic oxidation sites excluding steroid dienone is 4. The van der Waals surface area contributed by atoms with Gasteiger partial charge < -0.3 is 4.57 Å². The molecule has 198 valence electrons. The summed E-state index contributed by atoms with van der Waals surface area (Å²) in [5, 5.41) is 0. The molecule has 1 aromatic heterocycles. The van der Waals surface area contributed by atoms with Gasteiger partial charge in [-0.25, -0.2) is 0 Å². The molecule has 0 amide bonds. The molecule has 0 aliphatic rings. The van der Waals surface area contributed by atoms with Crippen LogP contribution in [0.25, 0.3) is 50.5 Å². The number of aromatic nitrogens is 1. The smallest absolute Gasteiger partial charge is 0.0619 e. The van der Waals surface area contributed by atoms with Crippen LogP contribution in [0.3, 0.4) is 0 Å². The number of hydrogen-bond donors (Lipinski definition) is 0. The maximum Gasteiger partial charge on any atom is 0.0619 e. The normalized spacial score (nSPS) is 11.2. The Bertz CT molecular complexity index is 1590. The van der Waals surface area contributed by atoms with Crippen molar-refractivity contribution >= 4 is 5.70 Å². The summed E-state index contributed by atoms with van der Waals surface area (Å²) in [7, 11) is 0. The molecule has 0 radical (unpaired) electrons. The highest BCUT2D eigenvalue weighted by Crippen LogP contribution is 2.49. The lowest BCUT2D eigenvalue weighted by atomic mass is 9.90. The average Bonchev–Trinajstić information content (AvgIpc) is 3.29. The van der Waals surface area contributed by atoms with Crippen molar-refractivity contribution in [1.29, 1.82) is 0 Å². The molecule has 0 spiro atoms. The standard InChI is InChI=1S/C39H37N/c1-26(2)8-17-31(7)40-38(34-22-13-29(5)14-23-34)36(32-18-9-27(3)10-19-32)37(33-20-11-28(4)12-21-33)39(40)35-24-15-30(6)16-25-35/h8-25H,1,7H2,2-6H3/b17-8-. The first-order valence-corrected chi connectivity index (χ1v) is 13.8. The Hall–Kier alpha value is -4.62. The van der Waals surface area contributed by atoms with Gasteiger partial charge in [-0.15, -0.1) is 0 Å². The van der Waals surface area contributed by atoms with Gasteiger partial charge in [0.25, 0.3) is 0 Å². The summed E-state index contributed by atoms with van der Waals surface area (Å²) in [6.45, 7) is 19.3. The van der Waals surface area contributed by atoms with Gasteiger partial charge in [0.05, 0.1) is 11.4 Å². The lowest BCUT2D eigenvalue weighted by Crippen LogP contribution is -2.00. The molecule has 0 N–H and O–H groups in total. The molecule has 40 heavy (non-hydrogen) atoms. The zero-order chi connectivity index (χ0) is 28.4. The molecule has 0 bridgehead atoms. The minimum atomic E-state index is 0.890. The Labute approximate surface area is 239 Å². The van der Waals surface area contributed by atoms with Gasteiger partial charge in [-0.2, -0.15) is 0 Å². The van der Waals surface area contributed by atoms with E-state index in [1.54, 1.807) is 0 Å². The van der Waals surface area contributed by atoms with Crippen molar-refractivity contribution in [2.75, 3.05) is 0 Å². The second kappa shape index (κ2) is 11.2. The molecule has 0 atom stereocenters. The molecule has 0 saturated carbocycles. The quantitative estimate of drug-likeness (QED) is 0.188. The van der Waals surface area contributed by atoms with Gasteiger partial charge >= 0.3 is 0 Å². The predicted octanol–water partition coefficient (Wildman–Crippen LogP) is 11.0. The van der Waals surface area contributed by atoms with Crippen LogP contribution in [0.5, 0.6) is 0 Å². The summed E-state index contributed by atoms with van der Waals surface area (Å²) < 4.78 is 2.35. The van der Waals surface area contributed by atoms with Crippen molar-refractivity contribution in [3.63, 3.8) is 0 Å². The number of benzene rings is 4. The van der Waals surface area contributed by atoms with Crippen LogP contribution in [-0.4, -0.2) is 4.57 Å². The van der Waals surface area contributed by atoms with Gasteiger partial charge in [-0.1, -0.05) is 144 Å². The van der Waals surface area contributed by atoms with Crippen molar-refractivity contribution in [3.05, 3.63) is 150 Å². The van der Waals surface area contributed by atoms with Crippen LogP contribution in [0.2, 0.25) is 0 Å². The van der Waals surface area contributed by atoms with Crippen LogP contribution in [0, 0.1) is 27.7 Å². The molecule has 1 heteroatoms. The molecular weight excluding hydrogens is 482 g/mol. The van der Waals surface area contributed by atoms with Gasteiger partial charge in [0, 0.05) is 16.8 Å². The van der Waals surface area contributed by atoms with E-state index in [9.17, 15) is 0 Å². The lowest BCUT2D eigenvalue weighted by Gasteiger charge is -2.16. The summed E-state index contributed by atoms with van der Waals surface area (Å²) >= 11 is 0. The van der Waals surface area contributed by atoms with Gasteiger partial charge in [-0.3, -0.25) is 0 Å². The topological polar surface area (TPSA) is 4.93 Å². The summed E-state index contributed by atoms with van der Waals surface area (Å²) in [5.41, 5.74) is 16.2. The summed E-state index contributed by atoms with van der Waals surface area (Å²) in [4.78, 5) is 0. The number of rotatable bonds is 7. The fraction of sp³-hybridized carbons (Fsp3) is 0.128. The van der Waals surface area contributed by atoms with Crippen molar-refractivity contribution in [3.8, 4) is 44.8 Å². The van der Waals surface area contributed by atoms with Crippen molar-refractivity contribution in [2.24, 2.45) is 0 Å². The maximum absolute atomic E-state index is 4.61. The molecule has 0 aliphatic carbocycles. The Kier molecular flexibility index (Phi) is 7.58. The van der Waals surface area contributed by atoms with Gasteiger partial charge in [0.15, 0.2) is 0 Å². The van der Waals surface area contributed by atoms with E-state index in [-0.39, 0.29) is 0 Å². The van der Waals surface area contributed by atoms with Crippen LogP contribution in [0.4, 0.5) is 0 Å². The predicted molar refractivity (Wildman–Crippen MR) is 174 cm³/mol. The zero-order valence-electron chi connectivity index (χ0n) is 24.3. The van der Waals surface area contributed by atoms with Crippen molar-refractivity contribution in [2.45, 2.75) is 34.6 Å². The molecule has 0 fully saturated rings. The Morgan fingerprint density at radius 2 is 0.775 bits per heavy atom. The van der Waals surface area contributed by atoms with Crippen LogP contribution in [-0.2, 0) is 0 Å². The van der Waals surface area contributed by atoms with Crippen LogP contribution in [0.15, 0.2) is 128 Å². The molecule has 1 heterocycles. The SMILES string of the molecule is C=C(C)/C=C\C(=C)n1c(-c2ccc(C)cc2)c(-c2ccc(C)cc2)c(-c2ccc(C)cc2)c1-c1ccc(C)cc1. The van der Waals surface area contributed by atoms with E-state index in [4.69, 9.17) is 0 Å². The second-order valence-electron chi connectivity index (χ2n) is 10.9. The Morgan fingerprint density at radius 1 is 0.475 bits per heavy atom. The third kappa shape index (κ3) is 5.42. The Morgan fingerprint density at radius 3 is 1.07 bits per heavy atom. The number of hydrogen-bond acceptors (Lipinski definition) is 0. The van der Waals surface area contributed by atoms with Crippen molar-refractivity contribution < 1.29 is 0 Å². The third-order valence-corrected chi connectivity index (χ3v) is 7.35.